The molecule has 2 heterocycles. The summed E-state index contributed by atoms with van der Waals surface area (Å²) in [5.41, 5.74) is 29.3. The molecule has 0 fully saturated rings. The maximum absolute atomic E-state index is 7.23. The molecule has 0 bridgehead atoms. The van der Waals surface area contributed by atoms with Crippen LogP contribution in [-0.4, -0.2) is 0 Å². The van der Waals surface area contributed by atoms with Gasteiger partial charge in [0.25, 0.3) is 0 Å². The lowest BCUT2D eigenvalue weighted by Crippen LogP contribution is -2.24. The highest BCUT2D eigenvalue weighted by atomic mass is 16.3. The number of benzene rings is 18. The molecule has 0 saturated heterocycles. The summed E-state index contributed by atoms with van der Waals surface area (Å²) in [5.74, 6) is 0. The van der Waals surface area contributed by atoms with E-state index in [1.165, 1.54) is 176 Å². The van der Waals surface area contributed by atoms with Crippen LogP contribution in [0.3, 0.4) is 0 Å². The van der Waals surface area contributed by atoms with Gasteiger partial charge in [0.05, 0.1) is 0 Å². The standard InChI is InChI=1S/C102H66O2/c1-101(2)86-54-48-67(61-39-43-65(44-40-61)93-74-31-14-10-27-70(74)91(63-22-6-4-7-23-63)71-28-11-15-32-75(71)93)57-85(86)96-79-49-38-60(56-84(79)100-97(98(96)101)83-35-19-21-37-90(83)104-100)59-102(3)87-55-53-81-78(51-52-80-69-26-18-20-36-89(69)103-99(80)81)95(87)82-50-47-68(58-88(82)102)62-41-45-66(46-42-62)94-76-33-16-12-29-72(76)92(64-24-8-5-9-25-64)73-30-13-17-34-77(73)94/h4-58H,59H2,1-3H3. The molecule has 22 rings (SSSR count). The van der Waals surface area contributed by atoms with Crippen molar-refractivity contribution in [3.8, 4) is 89.0 Å². The Morgan fingerprint density at radius 2 is 0.606 bits per heavy atom. The SMILES string of the molecule is CC1(C)c2ccc(-c3ccc(-c4c5ccccc5c(-c5ccccc5)c5ccccc45)cc3)cc2-c2c1c1c3ccccc3oc1c1cc(CC3(C)c4cc(-c5ccc(-c6c7ccccc7c(-c7ccccc7)c7ccccc67)cc5)ccc4-c4c3ccc3c4ccc4c5ccccc5oc34)ccc21. The Hall–Kier alpha value is -12.9. The van der Waals surface area contributed by atoms with Crippen molar-refractivity contribution in [1.82, 2.24) is 0 Å². The van der Waals surface area contributed by atoms with Crippen LogP contribution < -0.4 is 0 Å². The molecule has 1 atom stereocenters. The Bertz CT molecular complexity index is 6950. The van der Waals surface area contributed by atoms with Crippen molar-refractivity contribution >= 4 is 109 Å². The van der Waals surface area contributed by atoms with E-state index in [4.69, 9.17) is 8.83 Å². The lowest BCUT2D eigenvalue weighted by atomic mass is 9.74. The molecule has 0 radical (unpaired) electrons. The lowest BCUT2D eigenvalue weighted by Gasteiger charge is -2.29. The molecule has 20 aromatic rings. The van der Waals surface area contributed by atoms with Crippen LogP contribution in [0.15, 0.2) is 342 Å². The number of fused-ring (bicyclic) bond motifs is 23. The summed E-state index contributed by atoms with van der Waals surface area (Å²) in [6.45, 7) is 7.33. The fourth-order valence-electron chi connectivity index (χ4n) is 19.2. The predicted molar refractivity (Wildman–Crippen MR) is 438 cm³/mol. The summed E-state index contributed by atoms with van der Waals surface area (Å²) in [4.78, 5) is 0. The van der Waals surface area contributed by atoms with Gasteiger partial charge in [0.2, 0.25) is 0 Å². The highest BCUT2D eigenvalue weighted by molar-refractivity contribution is 6.26. The fraction of sp³-hybridized carbons (Fsp3) is 0.0588. The predicted octanol–water partition coefficient (Wildman–Crippen LogP) is 28.2. The zero-order valence-electron chi connectivity index (χ0n) is 57.8. The molecule has 2 aromatic heterocycles. The van der Waals surface area contributed by atoms with Crippen molar-refractivity contribution in [1.29, 1.82) is 0 Å². The van der Waals surface area contributed by atoms with E-state index < -0.39 is 5.41 Å². The molecule has 0 N–H and O–H groups in total. The molecule has 0 aliphatic heterocycles. The maximum Gasteiger partial charge on any atom is 0.143 e. The zero-order valence-corrected chi connectivity index (χ0v) is 57.8. The highest BCUT2D eigenvalue weighted by Crippen LogP contribution is 2.59. The van der Waals surface area contributed by atoms with E-state index in [-0.39, 0.29) is 5.41 Å². The van der Waals surface area contributed by atoms with E-state index in [2.05, 4.69) is 354 Å². The second kappa shape index (κ2) is 22.1. The summed E-state index contributed by atoms with van der Waals surface area (Å²) in [7, 11) is 0. The van der Waals surface area contributed by atoms with Crippen molar-refractivity contribution in [2.45, 2.75) is 38.0 Å². The first-order valence-electron chi connectivity index (χ1n) is 36.5. The molecular formula is C102H66O2. The van der Waals surface area contributed by atoms with Gasteiger partial charge >= 0.3 is 0 Å². The summed E-state index contributed by atoms with van der Waals surface area (Å²) in [5, 5.41) is 19.4. The Kier molecular flexibility index (Phi) is 12.5. The second-order valence-corrected chi connectivity index (χ2v) is 29.8. The lowest BCUT2D eigenvalue weighted by molar-refractivity contribution is 0.584. The van der Waals surface area contributed by atoms with Crippen LogP contribution in [0.2, 0.25) is 0 Å². The number of hydrogen-bond donors (Lipinski definition) is 0. The average Bonchev–Trinajstić information content (AvgIpc) is 1.43. The quantitative estimate of drug-likeness (QED) is 0.142. The van der Waals surface area contributed by atoms with E-state index in [0.717, 1.165) is 55.7 Å². The van der Waals surface area contributed by atoms with Crippen LogP contribution in [0.25, 0.3) is 198 Å². The smallest absolute Gasteiger partial charge is 0.143 e. The van der Waals surface area contributed by atoms with Gasteiger partial charge in [0.1, 0.15) is 22.3 Å². The molecule has 1 unspecified atom stereocenters. The molecular weight excluding hydrogens is 1260 g/mol. The van der Waals surface area contributed by atoms with Gasteiger partial charge in [-0.25, -0.2) is 0 Å². The van der Waals surface area contributed by atoms with Crippen LogP contribution >= 0.6 is 0 Å². The summed E-state index contributed by atoms with van der Waals surface area (Å²) >= 11 is 0. The molecule has 2 aliphatic rings. The van der Waals surface area contributed by atoms with Crippen LogP contribution in [-0.2, 0) is 17.3 Å². The highest BCUT2D eigenvalue weighted by Gasteiger charge is 2.43. The molecule has 104 heavy (non-hydrogen) atoms. The fourth-order valence-corrected chi connectivity index (χ4v) is 19.2. The molecule has 0 saturated carbocycles. The summed E-state index contributed by atoms with van der Waals surface area (Å²) in [6, 6.07) is 125. The minimum Gasteiger partial charge on any atom is -0.455 e. The molecule has 2 heteroatoms. The number of hydrogen-bond acceptors (Lipinski definition) is 2. The summed E-state index contributed by atoms with van der Waals surface area (Å²) < 4.78 is 14.0. The average molecular weight is 1320 g/mol. The number of rotatable bonds is 8. The first-order chi connectivity index (χ1) is 51.2. The third-order valence-electron chi connectivity index (χ3n) is 23.9. The van der Waals surface area contributed by atoms with Crippen molar-refractivity contribution in [2.24, 2.45) is 0 Å². The third-order valence-corrected chi connectivity index (χ3v) is 23.9. The molecule has 2 aliphatic carbocycles. The van der Waals surface area contributed by atoms with E-state index in [9.17, 15) is 0 Å². The number of furan rings is 2. The molecule has 486 valence electrons. The van der Waals surface area contributed by atoms with Gasteiger partial charge in [0, 0.05) is 43.1 Å². The first-order valence-corrected chi connectivity index (χ1v) is 36.5. The van der Waals surface area contributed by atoms with E-state index >= 15 is 0 Å². The molecule has 0 spiro atoms. The normalized spacial score (nSPS) is 14.5. The van der Waals surface area contributed by atoms with Crippen LogP contribution in [0, 0.1) is 0 Å². The van der Waals surface area contributed by atoms with Gasteiger partial charge in [-0.3, -0.25) is 0 Å². The van der Waals surface area contributed by atoms with Crippen molar-refractivity contribution in [2.75, 3.05) is 0 Å². The van der Waals surface area contributed by atoms with Crippen LogP contribution in [0.5, 0.6) is 0 Å². The van der Waals surface area contributed by atoms with Crippen molar-refractivity contribution in [3.05, 3.63) is 361 Å². The van der Waals surface area contributed by atoms with Gasteiger partial charge in [-0.15, -0.1) is 0 Å². The zero-order chi connectivity index (χ0) is 68.7. The molecule has 0 amide bonds. The Morgan fingerprint density at radius 3 is 1.15 bits per heavy atom. The minimum absolute atomic E-state index is 0.324. The van der Waals surface area contributed by atoms with Crippen molar-refractivity contribution in [3.63, 3.8) is 0 Å². The van der Waals surface area contributed by atoms with Gasteiger partial charge in [-0.2, -0.15) is 0 Å². The van der Waals surface area contributed by atoms with Gasteiger partial charge in [-0.1, -0.05) is 318 Å². The van der Waals surface area contributed by atoms with E-state index in [0.29, 0.717) is 0 Å². The minimum atomic E-state index is -0.446. The third kappa shape index (κ3) is 8.39. The second-order valence-electron chi connectivity index (χ2n) is 29.8. The Balaban J connectivity index is 0.684. The largest absolute Gasteiger partial charge is 0.455 e. The van der Waals surface area contributed by atoms with E-state index in [1.54, 1.807) is 0 Å². The Labute approximate surface area is 602 Å². The van der Waals surface area contributed by atoms with Crippen LogP contribution in [0.4, 0.5) is 0 Å². The van der Waals surface area contributed by atoms with E-state index in [1.807, 2.05) is 0 Å². The summed E-state index contributed by atoms with van der Waals surface area (Å²) in [6.07, 6.45) is 0.757. The molecule has 2 nitrogen and oxygen atoms in total. The van der Waals surface area contributed by atoms with Gasteiger partial charge in [-0.05, 0) is 214 Å². The van der Waals surface area contributed by atoms with Crippen molar-refractivity contribution < 1.29 is 8.83 Å². The van der Waals surface area contributed by atoms with Crippen LogP contribution in [0.1, 0.15) is 48.6 Å². The monoisotopic (exact) mass is 1320 g/mol. The van der Waals surface area contributed by atoms with Gasteiger partial charge < -0.3 is 8.83 Å². The molecule has 18 aromatic carbocycles. The topological polar surface area (TPSA) is 26.3 Å². The first kappa shape index (κ1) is 58.9. The maximum atomic E-state index is 7.23. The number of para-hydroxylation sites is 2. The van der Waals surface area contributed by atoms with Gasteiger partial charge in [0.15, 0.2) is 0 Å². The Morgan fingerprint density at radius 1 is 0.231 bits per heavy atom.